The third kappa shape index (κ3) is 5.64. The summed E-state index contributed by atoms with van der Waals surface area (Å²) in [5, 5.41) is 0.629. The Balaban J connectivity index is 1.42. The van der Waals surface area contributed by atoms with Crippen LogP contribution in [0.1, 0.15) is 29.0 Å². The van der Waals surface area contributed by atoms with Gasteiger partial charge in [-0.2, -0.15) is 0 Å². The van der Waals surface area contributed by atoms with Crippen LogP contribution in [0.5, 0.6) is 5.75 Å². The minimum Gasteiger partial charge on any atom is -0.485 e. The lowest BCUT2D eigenvalue weighted by Crippen LogP contribution is -2.45. The van der Waals surface area contributed by atoms with Gasteiger partial charge in [0.15, 0.2) is 0 Å². The zero-order valence-corrected chi connectivity index (χ0v) is 22.0. The Morgan fingerprint density at radius 1 is 1.22 bits per heavy atom. The number of rotatable bonds is 9. The number of fused-ring (bicyclic) bond motifs is 1. The van der Waals surface area contributed by atoms with Crippen molar-refractivity contribution in [3.8, 4) is 16.3 Å². The van der Waals surface area contributed by atoms with E-state index in [0.29, 0.717) is 10.8 Å². The highest BCUT2D eigenvalue weighted by Gasteiger charge is 2.20. The maximum Gasteiger partial charge on any atom is 0.222 e. The number of halogens is 1. The number of pyridine rings is 1. The van der Waals surface area contributed by atoms with Gasteiger partial charge in [0.05, 0.1) is 28.1 Å². The highest BCUT2D eigenvalue weighted by molar-refractivity contribution is 7.15. The van der Waals surface area contributed by atoms with Gasteiger partial charge in [-0.15, -0.1) is 11.3 Å². The Hall–Kier alpha value is -3.40. The van der Waals surface area contributed by atoms with Crippen molar-refractivity contribution in [2.45, 2.75) is 26.0 Å². The van der Waals surface area contributed by atoms with Gasteiger partial charge in [0.25, 0.3) is 0 Å². The second kappa shape index (κ2) is 10.9. The Morgan fingerprint density at radius 3 is 2.73 bits per heavy atom. The molecule has 192 valence electrons. The molecule has 0 spiro atoms. The van der Waals surface area contributed by atoms with Crippen LogP contribution in [0.25, 0.3) is 16.2 Å². The molecule has 8 nitrogen and oxygen atoms in total. The first kappa shape index (κ1) is 25.3. The fourth-order valence-corrected chi connectivity index (χ4v) is 5.96. The molecule has 1 aliphatic heterocycles. The molecule has 0 bridgehead atoms. The molecule has 2 amide bonds. The Morgan fingerprint density at radius 2 is 2.00 bits per heavy atom. The average Bonchev–Trinajstić information content (AvgIpc) is 3.48. The molecular weight excluding hydrogens is 510 g/mol. The van der Waals surface area contributed by atoms with E-state index < -0.39 is 5.91 Å². The largest absolute Gasteiger partial charge is 0.485 e. The number of hydrogen-bond acceptors (Lipinski definition) is 6. The third-order valence-corrected chi connectivity index (χ3v) is 8.02. The van der Waals surface area contributed by atoms with E-state index in [-0.39, 0.29) is 12.5 Å². The summed E-state index contributed by atoms with van der Waals surface area (Å²) in [6.07, 6.45) is 4.63. The molecule has 0 saturated carbocycles. The van der Waals surface area contributed by atoms with Gasteiger partial charge < -0.3 is 15.4 Å². The van der Waals surface area contributed by atoms with Gasteiger partial charge in [-0.25, -0.2) is 4.98 Å². The number of carbonyl (C=O) groups is 2. The van der Waals surface area contributed by atoms with Crippen molar-refractivity contribution in [2.24, 2.45) is 5.73 Å². The maximum absolute atomic E-state index is 11.8. The number of amides is 2. The van der Waals surface area contributed by atoms with Crippen molar-refractivity contribution >= 4 is 40.9 Å². The monoisotopic (exact) mass is 537 g/mol. The van der Waals surface area contributed by atoms with Crippen molar-refractivity contribution in [3.05, 3.63) is 75.9 Å². The summed E-state index contributed by atoms with van der Waals surface area (Å²) in [6, 6.07) is 13.6. The third-order valence-electron chi connectivity index (χ3n) is 6.53. The predicted octanol–water partition coefficient (Wildman–Crippen LogP) is 4.16. The molecule has 4 heterocycles. The van der Waals surface area contributed by atoms with Crippen LogP contribution in [0.3, 0.4) is 0 Å². The van der Waals surface area contributed by atoms with Gasteiger partial charge in [-0.05, 0) is 24.6 Å². The van der Waals surface area contributed by atoms with Crippen LogP contribution < -0.4 is 10.5 Å². The molecule has 37 heavy (non-hydrogen) atoms. The summed E-state index contributed by atoms with van der Waals surface area (Å²) in [5.41, 5.74) is 9.33. The Labute approximate surface area is 224 Å². The van der Waals surface area contributed by atoms with Crippen molar-refractivity contribution in [1.29, 1.82) is 0 Å². The number of piperazine rings is 1. The summed E-state index contributed by atoms with van der Waals surface area (Å²) in [5.74, 6) is 0.198. The first-order chi connectivity index (χ1) is 17.9. The molecule has 2 N–H and O–H groups in total. The number of imidazole rings is 1. The second-order valence-electron chi connectivity index (χ2n) is 9.15. The maximum atomic E-state index is 11.8. The molecule has 1 fully saturated rings. The predicted molar refractivity (Wildman–Crippen MR) is 145 cm³/mol. The number of carbonyl (C=O) groups excluding carboxylic acids is 2. The van der Waals surface area contributed by atoms with Gasteiger partial charge in [-0.3, -0.25) is 18.9 Å². The van der Waals surface area contributed by atoms with Crippen molar-refractivity contribution in [1.82, 2.24) is 19.2 Å². The van der Waals surface area contributed by atoms with E-state index in [1.54, 1.807) is 4.90 Å². The van der Waals surface area contributed by atoms with E-state index in [0.717, 1.165) is 71.4 Å². The minimum atomic E-state index is -0.418. The SMILES string of the molecule is C[C@@H](Oc1cc(-c2cnc3ccc(CN4CCN(C=O)CC4)cn23)sc1CC(N)=O)c1ccccc1Cl. The van der Waals surface area contributed by atoms with Crippen LogP contribution >= 0.6 is 22.9 Å². The van der Waals surface area contributed by atoms with Crippen LogP contribution in [-0.4, -0.2) is 57.7 Å². The number of ether oxygens (including phenoxy) is 1. The summed E-state index contributed by atoms with van der Waals surface area (Å²) >= 11 is 7.85. The number of nitrogens with zero attached hydrogens (tertiary/aromatic N) is 4. The van der Waals surface area contributed by atoms with Crippen molar-refractivity contribution in [2.75, 3.05) is 26.2 Å². The summed E-state index contributed by atoms with van der Waals surface area (Å²) in [6.45, 7) is 5.91. The highest BCUT2D eigenvalue weighted by atomic mass is 35.5. The second-order valence-corrected chi connectivity index (χ2v) is 10.7. The molecule has 1 saturated heterocycles. The molecule has 0 unspecified atom stereocenters. The normalized spacial score (nSPS) is 15.1. The first-order valence-electron chi connectivity index (χ1n) is 12.1. The number of benzene rings is 1. The standard InChI is InChI=1S/C27H28ClN5O3S/c1-18(20-4-2-3-5-21(20)28)36-23-12-24(37-25(23)13-26(29)35)22-14-30-27-7-6-19(16-33(22)27)15-31-8-10-32(17-34)11-9-31/h2-7,12,14,16-18H,8-11,13,15H2,1H3,(H2,29,35)/t18-/m1/s1. The van der Waals surface area contributed by atoms with Gasteiger partial charge >= 0.3 is 0 Å². The lowest BCUT2D eigenvalue weighted by atomic mass is 10.1. The van der Waals surface area contributed by atoms with Gasteiger partial charge in [0.1, 0.15) is 17.5 Å². The van der Waals surface area contributed by atoms with Crippen LogP contribution in [0.2, 0.25) is 5.02 Å². The highest BCUT2D eigenvalue weighted by Crippen LogP contribution is 2.39. The van der Waals surface area contributed by atoms with Crippen LogP contribution in [-0.2, 0) is 22.6 Å². The molecule has 10 heteroatoms. The summed E-state index contributed by atoms with van der Waals surface area (Å²) in [4.78, 5) is 33.3. The Kier molecular flexibility index (Phi) is 7.45. The smallest absolute Gasteiger partial charge is 0.222 e. The molecule has 1 atom stereocenters. The fraction of sp³-hybridized carbons (Fsp3) is 0.296. The van der Waals surface area contributed by atoms with Crippen molar-refractivity contribution in [3.63, 3.8) is 0 Å². The molecule has 4 aromatic rings. The van der Waals surface area contributed by atoms with Gasteiger partial charge in [0.2, 0.25) is 12.3 Å². The number of hydrogen-bond donors (Lipinski definition) is 1. The van der Waals surface area contributed by atoms with Crippen LogP contribution in [0.15, 0.2) is 54.9 Å². The van der Waals surface area contributed by atoms with E-state index >= 15 is 0 Å². The Bertz CT molecular complexity index is 1430. The zero-order chi connectivity index (χ0) is 25.9. The van der Waals surface area contributed by atoms with Crippen LogP contribution in [0, 0.1) is 0 Å². The zero-order valence-electron chi connectivity index (χ0n) is 20.5. The lowest BCUT2D eigenvalue weighted by molar-refractivity contribution is -0.120. The number of primary amides is 1. The lowest BCUT2D eigenvalue weighted by Gasteiger charge is -2.32. The van der Waals surface area contributed by atoms with E-state index in [2.05, 4.69) is 26.5 Å². The summed E-state index contributed by atoms with van der Waals surface area (Å²) < 4.78 is 8.37. The van der Waals surface area contributed by atoms with Gasteiger partial charge in [-0.1, -0.05) is 35.9 Å². The van der Waals surface area contributed by atoms with Crippen molar-refractivity contribution < 1.29 is 14.3 Å². The average molecular weight is 538 g/mol. The molecule has 1 aliphatic rings. The van der Waals surface area contributed by atoms with Gasteiger partial charge in [0, 0.05) is 55.6 Å². The molecule has 0 radical (unpaired) electrons. The molecular formula is C27H28ClN5O3S. The first-order valence-corrected chi connectivity index (χ1v) is 13.3. The molecule has 1 aromatic carbocycles. The molecule has 0 aliphatic carbocycles. The summed E-state index contributed by atoms with van der Waals surface area (Å²) in [7, 11) is 0. The van der Waals surface area contributed by atoms with E-state index in [1.807, 2.05) is 49.5 Å². The quantitative estimate of drug-likeness (QED) is 0.324. The van der Waals surface area contributed by atoms with E-state index in [1.165, 1.54) is 11.3 Å². The molecule has 3 aromatic heterocycles. The number of nitrogens with two attached hydrogens (primary N) is 1. The fourth-order valence-electron chi connectivity index (χ4n) is 4.56. The topological polar surface area (TPSA) is 93.2 Å². The van der Waals surface area contributed by atoms with E-state index in [4.69, 9.17) is 22.1 Å². The molecule has 5 rings (SSSR count). The van der Waals surface area contributed by atoms with Crippen LogP contribution in [0.4, 0.5) is 0 Å². The number of thiophene rings is 1. The van der Waals surface area contributed by atoms with E-state index in [9.17, 15) is 9.59 Å². The minimum absolute atomic E-state index is 0.0873. The number of aromatic nitrogens is 2.